The first-order valence-electron chi connectivity index (χ1n) is 8.78. The van der Waals surface area contributed by atoms with Gasteiger partial charge < -0.3 is 15.4 Å². The Labute approximate surface area is 158 Å². The zero-order chi connectivity index (χ0) is 19.1. The van der Waals surface area contributed by atoms with Crippen LogP contribution in [0.1, 0.15) is 29.9 Å². The molecule has 0 bridgehead atoms. The highest BCUT2D eigenvalue weighted by atomic mass is 16.5. The molecule has 0 saturated heterocycles. The van der Waals surface area contributed by atoms with E-state index in [0.717, 1.165) is 17.1 Å². The van der Waals surface area contributed by atoms with E-state index in [1.54, 1.807) is 24.5 Å². The third-order valence-corrected chi connectivity index (χ3v) is 3.68. The Morgan fingerprint density at radius 1 is 1.04 bits per heavy atom. The number of pyridine rings is 2. The van der Waals surface area contributed by atoms with E-state index in [1.807, 2.05) is 56.3 Å². The highest BCUT2D eigenvalue weighted by molar-refractivity contribution is 5.94. The van der Waals surface area contributed by atoms with Crippen molar-refractivity contribution in [2.45, 2.75) is 26.5 Å². The molecule has 3 aromatic rings. The zero-order valence-electron chi connectivity index (χ0n) is 15.3. The van der Waals surface area contributed by atoms with Crippen LogP contribution in [0.4, 0.5) is 11.5 Å². The Bertz CT molecular complexity index is 880. The standard InChI is InChI=1S/C21H22N4O2/c1-15(2)27-19-8-6-17(7-9-19)25-20-13-16(10-12-23-20)21(26)24-14-18-5-3-4-11-22-18/h3-13,15H,14H2,1-2H3,(H,23,25)(H,24,26). The van der Waals surface area contributed by atoms with Crippen LogP contribution < -0.4 is 15.4 Å². The average Bonchev–Trinajstić information content (AvgIpc) is 2.68. The number of nitrogens with one attached hydrogen (secondary N) is 2. The lowest BCUT2D eigenvalue weighted by Crippen LogP contribution is -2.23. The average molecular weight is 362 g/mol. The molecule has 0 aliphatic heterocycles. The smallest absolute Gasteiger partial charge is 0.251 e. The second-order valence-electron chi connectivity index (χ2n) is 6.25. The molecule has 0 fully saturated rings. The maximum atomic E-state index is 12.4. The van der Waals surface area contributed by atoms with E-state index in [2.05, 4.69) is 20.6 Å². The Kier molecular flexibility index (Phi) is 5.99. The molecule has 27 heavy (non-hydrogen) atoms. The molecule has 0 spiro atoms. The van der Waals surface area contributed by atoms with Crippen LogP contribution in [0.2, 0.25) is 0 Å². The second kappa shape index (κ2) is 8.80. The largest absolute Gasteiger partial charge is 0.491 e. The number of ether oxygens (including phenoxy) is 1. The Hall–Kier alpha value is -3.41. The van der Waals surface area contributed by atoms with Gasteiger partial charge in [-0.15, -0.1) is 0 Å². The van der Waals surface area contributed by atoms with Crippen molar-refractivity contribution in [3.05, 3.63) is 78.2 Å². The zero-order valence-corrected chi connectivity index (χ0v) is 15.3. The normalized spacial score (nSPS) is 10.5. The monoisotopic (exact) mass is 362 g/mol. The van der Waals surface area contributed by atoms with E-state index < -0.39 is 0 Å². The summed E-state index contributed by atoms with van der Waals surface area (Å²) in [6.07, 6.45) is 3.44. The van der Waals surface area contributed by atoms with E-state index in [-0.39, 0.29) is 12.0 Å². The molecule has 0 unspecified atom stereocenters. The highest BCUT2D eigenvalue weighted by Crippen LogP contribution is 2.20. The quantitative estimate of drug-likeness (QED) is 0.666. The molecular formula is C21H22N4O2. The fraction of sp³-hybridized carbons (Fsp3) is 0.190. The molecule has 2 N–H and O–H groups in total. The van der Waals surface area contributed by atoms with Crippen LogP contribution in [-0.4, -0.2) is 22.0 Å². The van der Waals surface area contributed by atoms with Crippen molar-refractivity contribution < 1.29 is 9.53 Å². The number of carbonyl (C=O) groups is 1. The summed E-state index contributed by atoms with van der Waals surface area (Å²) in [5.74, 6) is 1.23. The summed E-state index contributed by atoms with van der Waals surface area (Å²) in [5.41, 5.74) is 2.20. The molecule has 1 aromatic carbocycles. The SMILES string of the molecule is CC(C)Oc1ccc(Nc2cc(C(=O)NCc3ccccn3)ccn2)cc1. The van der Waals surface area contributed by atoms with Crippen LogP contribution in [0.3, 0.4) is 0 Å². The molecule has 0 aliphatic rings. The Morgan fingerprint density at radius 3 is 2.56 bits per heavy atom. The molecule has 138 valence electrons. The molecular weight excluding hydrogens is 340 g/mol. The molecule has 2 heterocycles. The number of hydrogen-bond donors (Lipinski definition) is 2. The van der Waals surface area contributed by atoms with Gasteiger partial charge in [0.2, 0.25) is 0 Å². The maximum absolute atomic E-state index is 12.4. The lowest BCUT2D eigenvalue weighted by molar-refractivity contribution is 0.0950. The summed E-state index contributed by atoms with van der Waals surface area (Å²) in [6.45, 7) is 4.35. The number of nitrogens with zero attached hydrogens (tertiary/aromatic N) is 2. The number of rotatable bonds is 7. The Morgan fingerprint density at radius 2 is 1.85 bits per heavy atom. The third kappa shape index (κ3) is 5.54. The number of anilines is 2. The summed E-state index contributed by atoms with van der Waals surface area (Å²) in [5, 5.41) is 6.05. The molecule has 6 nitrogen and oxygen atoms in total. The molecule has 0 saturated carbocycles. The summed E-state index contributed by atoms with van der Waals surface area (Å²) in [4.78, 5) is 20.8. The first kappa shape index (κ1) is 18.4. The molecule has 1 amide bonds. The van der Waals surface area contributed by atoms with Crippen LogP contribution >= 0.6 is 0 Å². The van der Waals surface area contributed by atoms with Gasteiger partial charge in [0.1, 0.15) is 11.6 Å². The third-order valence-electron chi connectivity index (χ3n) is 3.68. The van der Waals surface area contributed by atoms with Crippen LogP contribution in [0.15, 0.2) is 67.0 Å². The van der Waals surface area contributed by atoms with Gasteiger partial charge in [0.25, 0.3) is 5.91 Å². The number of aromatic nitrogens is 2. The summed E-state index contributed by atoms with van der Waals surface area (Å²) in [7, 11) is 0. The molecule has 3 rings (SSSR count). The summed E-state index contributed by atoms with van der Waals surface area (Å²) in [6, 6.07) is 16.6. The van der Waals surface area contributed by atoms with E-state index in [9.17, 15) is 4.79 Å². The lowest BCUT2D eigenvalue weighted by Gasteiger charge is -2.11. The van der Waals surface area contributed by atoms with E-state index in [0.29, 0.717) is 17.9 Å². The van der Waals surface area contributed by atoms with Crippen molar-refractivity contribution in [1.82, 2.24) is 15.3 Å². The lowest BCUT2D eigenvalue weighted by atomic mass is 10.2. The number of hydrogen-bond acceptors (Lipinski definition) is 5. The van der Waals surface area contributed by atoms with Crippen molar-refractivity contribution in [3.8, 4) is 5.75 Å². The van der Waals surface area contributed by atoms with Crippen molar-refractivity contribution in [1.29, 1.82) is 0 Å². The minimum absolute atomic E-state index is 0.131. The van der Waals surface area contributed by atoms with E-state index in [4.69, 9.17) is 4.74 Å². The Balaban J connectivity index is 1.62. The summed E-state index contributed by atoms with van der Waals surface area (Å²) >= 11 is 0. The highest BCUT2D eigenvalue weighted by Gasteiger charge is 2.07. The van der Waals surface area contributed by atoms with Gasteiger partial charge >= 0.3 is 0 Å². The fourth-order valence-corrected chi connectivity index (χ4v) is 2.45. The van der Waals surface area contributed by atoms with Crippen molar-refractivity contribution in [3.63, 3.8) is 0 Å². The first-order chi connectivity index (χ1) is 13.1. The molecule has 0 radical (unpaired) electrons. The van der Waals surface area contributed by atoms with Crippen LogP contribution in [-0.2, 0) is 6.54 Å². The van der Waals surface area contributed by atoms with Gasteiger partial charge in [0, 0.05) is 23.6 Å². The number of carbonyl (C=O) groups excluding carboxylic acids is 1. The molecule has 6 heteroatoms. The second-order valence-corrected chi connectivity index (χ2v) is 6.25. The van der Waals surface area contributed by atoms with Gasteiger partial charge in [-0.3, -0.25) is 9.78 Å². The number of benzene rings is 1. The maximum Gasteiger partial charge on any atom is 0.251 e. The van der Waals surface area contributed by atoms with Crippen molar-refractivity contribution in [2.75, 3.05) is 5.32 Å². The van der Waals surface area contributed by atoms with Gasteiger partial charge in [-0.1, -0.05) is 6.07 Å². The van der Waals surface area contributed by atoms with Gasteiger partial charge in [0.05, 0.1) is 18.3 Å². The van der Waals surface area contributed by atoms with Crippen LogP contribution in [0.25, 0.3) is 0 Å². The van der Waals surface area contributed by atoms with Crippen molar-refractivity contribution in [2.24, 2.45) is 0 Å². The van der Waals surface area contributed by atoms with Crippen molar-refractivity contribution >= 4 is 17.4 Å². The topological polar surface area (TPSA) is 76.1 Å². The van der Waals surface area contributed by atoms with Crippen LogP contribution in [0, 0.1) is 0 Å². The fourth-order valence-electron chi connectivity index (χ4n) is 2.45. The molecule has 0 atom stereocenters. The summed E-state index contributed by atoms with van der Waals surface area (Å²) < 4.78 is 5.63. The van der Waals surface area contributed by atoms with E-state index >= 15 is 0 Å². The van der Waals surface area contributed by atoms with Gasteiger partial charge in [-0.05, 0) is 62.4 Å². The number of amides is 1. The van der Waals surface area contributed by atoms with Gasteiger partial charge in [-0.2, -0.15) is 0 Å². The predicted octanol–water partition coefficient (Wildman–Crippen LogP) is 3.94. The van der Waals surface area contributed by atoms with Gasteiger partial charge in [0.15, 0.2) is 0 Å². The van der Waals surface area contributed by atoms with E-state index in [1.165, 1.54) is 0 Å². The predicted molar refractivity (Wildman–Crippen MR) is 105 cm³/mol. The molecule has 0 aliphatic carbocycles. The minimum atomic E-state index is -0.174. The van der Waals surface area contributed by atoms with Crippen LogP contribution in [0.5, 0.6) is 5.75 Å². The first-order valence-corrected chi connectivity index (χ1v) is 8.78. The molecule has 2 aromatic heterocycles. The minimum Gasteiger partial charge on any atom is -0.491 e. The van der Waals surface area contributed by atoms with Gasteiger partial charge in [-0.25, -0.2) is 4.98 Å².